The second kappa shape index (κ2) is 13.9. The minimum absolute atomic E-state index is 0.731. The summed E-state index contributed by atoms with van der Waals surface area (Å²) in [6.07, 6.45) is 1.82. The molecule has 280 valence electrons. The fraction of sp³-hybridized carbons (Fsp3) is 0. The van der Waals surface area contributed by atoms with Crippen LogP contribution >= 0.6 is 14.3 Å². The molecule has 5 nitrogen and oxygen atoms in total. The van der Waals surface area contributed by atoms with Crippen molar-refractivity contribution in [3.63, 3.8) is 0 Å². The van der Waals surface area contributed by atoms with E-state index in [9.17, 15) is 0 Å². The Hall–Kier alpha value is -6.90. The maximum absolute atomic E-state index is 15.8. The minimum atomic E-state index is -3.32. The molecule has 0 aliphatic heterocycles. The molecule has 59 heavy (non-hydrogen) atoms. The highest BCUT2D eigenvalue weighted by atomic mass is 31.2. The predicted octanol–water partition coefficient (Wildman–Crippen LogP) is 10.3. The molecule has 0 aliphatic rings. The molecule has 3 heterocycles. The van der Waals surface area contributed by atoms with Gasteiger partial charge in [0.2, 0.25) is 0 Å². The van der Waals surface area contributed by atoms with Gasteiger partial charge < -0.3 is 9.13 Å². The summed E-state index contributed by atoms with van der Waals surface area (Å²) in [6, 6.07) is 68.3. The molecule has 0 fully saturated rings. The first kappa shape index (κ1) is 35.3. The third-order valence-electron chi connectivity index (χ3n) is 11.6. The fourth-order valence-corrected chi connectivity index (χ4v) is 14.0. The third kappa shape index (κ3) is 5.62. The number of benzene rings is 8. The minimum Gasteiger partial charge on any atom is -0.309 e. The topological polar surface area (TPSA) is 64.3 Å². The molecule has 3 aromatic heterocycles. The molecular formula is C52H35N3O2P2. The molecule has 0 bridgehead atoms. The van der Waals surface area contributed by atoms with E-state index in [1.54, 1.807) is 0 Å². The summed E-state index contributed by atoms with van der Waals surface area (Å²) in [5.41, 5.74) is 6.36. The average molecular weight is 796 g/mol. The third-order valence-corrected chi connectivity index (χ3v) is 17.7. The summed E-state index contributed by atoms with van der Waals surface area (Å²) in [5, 5.41) is 8.46. The van der Waals surface area contributed by atoms with Gasteiger partial charge >= 0.3 is 0 Å². The van der Waals surface area contributed by atoms with Gasteiger partial charge in [-0.05, 0) is 52.9 Å². The van der Waals surface area contributed by atoms with E-state index in [1.165, 1.54) is 0 Å². The van der Waals surface area contributed by atoms with E-state index < -0.39 is 14.3 Å². The molecule has 11 rings (SSSR count). The molecule has 11 aromatic rings. The first-order chi connectivity index (χ1) is 29.0. The Kier molecular flexibility index (Phi) is 8.30. The number of pyridine rings is 2. The number of rotatable bonds is 7. The Morgan fingerprint density at radius 1 is 0.373 bits per heavy atom. The van der Waals surface area contributed by atoms with Gasteiger partial charge in [-0.25, -0.2) is 4.98 Å². The number of aromatic nitrogens is 3. The van der Waals surface area contributed by atoms with Crippen LogP contribution in [-0.2, 0) is 9.13 Å². The molecule has 0 atom stereocenters. The Morgan fingerprint density at radius 2 is 0.898 bits per heavy atom. The lowest BCUT2D eigenvalue weighted by molar-refractivity contribution is 0.591. The molecule has 8 aromatic carbocycles. The fourth-order valence-electron chi connectivity index (χ4n) is 8.65. The molecule has 0 amide bonds. The highest BCUT2D eigenvalue weighted by Crippen LogP contribution is 2.46. The van der Waals surface area contributed by atoms with E-state index in [4.69, 9.17) is 4.98 Å². The van der Waals surface area contributed by atoms with E-state index in [1.807, 2.05) is 146 Å². The first-order valence-electron chi connectivity index (χ1n) is 19.6. The van der Waals surface area contributed by atoms with E-state index in [2.05, 4.69) is 76.1 Å². The largest absolute Gasteiger partial charge is 0.309 e. The lowest BCUT2D eigenvalue weighted by Gasteiger charge is -2.22. The molecule has 0 aliphatic carbocycles. The van der Waals surface area contributed by atoms with Crippen LogP contribution in [0.2, 0.25) is 0 Å². The summed E-state index contributed by atoms with van der Waals surface area (Å²) >= 11 is 0. The SMILES string of the molecule is O=P(c1ccccc1)(c1ccccc1)c1ccc2c3ccc(P(=O)(c4ccccc4)c4ccccc4)cc3n3c4cc(-c5ccc6cccnc6c5)ccc4nc3c2c1. The van der Waals surface area contributed by atoms with Crippen molar-refractivity contribution in [3.05, 3.63) is 212 Å². The molecular weight excluding hydrogens is 761 g/mol. The second-order valence-electron chi connectivity index (χ2n) is 14.9. The lowest BCUT2D eigenvalue weighted by atomic mass is 10.0. The van der Waals surface area contributed by atoms with Crippen molar-refractivity contribution in [2.45, 2.75) is 0 Å². The molecule has 7 heteroatoms. The first-order valence-corrected chi connectivity index (χ1v) is 23.0. The van der Waals surface area contributed by atoms with E-state index >= 15 is 9.13 Å². The van der Waals surface area contributed by atoms with E-state index in [0.29, 0.717) is 0 Å². The van der Waals surface area contributed by atoms with Crippen molar-refractivity contribution in [2.75, 3.05) is 0 Å². The second-order valence-corrected chi connectivity index (χ2v) is 20.4. The summed E-state index contributed by atoms with van der Waals surface area (Å²) < 4.78 is 33.7. The zero-order valence-corrected chi connectivity index (χ0v) is 33.5. The van der Waals surface area contributed by atoms with Gasteiger partial charge in [0.05, 0.1) is 22.1 Å². The van der Waals surface area contributed by atoms with Crippen LogP contribution in [-0.4, -0.2) is 14.4 Å². The van der Waals surface area contributed by atoms with Gasteiger partial charge in [-0.3, -0.25) is 9.38 Å². The van der Waals surface area contributed by atoms with Crippen LogP contribution < -0.4 is 31.8 Å². The van der Waals surface area contributed by atoms with Crippen molar-refractivity contribution in [2.24, 2.45) is 0 Å². The van der Waals surface area contributed by atoms with Crippen molar-refractivity contribution < 1.29 is 9.13 Å². The number of fused-ring (bicyclic) bond motifs is 9. The monoisotopic (exact) mass is 795 g/mol. The Bertz CT molecular complexity index is 3410. The molecule has 0 N–H and O–H groups in total. The van der Waals surface area contributed by atoms with Crippen molar-refractivity contribution in [3.8, 4) is 11.1 Å². The maximum Gasteiger partial charge on any atom is 0.171 e. The van der Waals surface area contributed by atoms with Crippen LogP contribution in [0.15, 0.2) is 212 Å². The van der Waals surface area contributed by atoms with Crippen molar-refractivity contribution in [1.82, 2.24) is 14.4 Å². The Morgan fingerprint density at radius 3 is 1.49 bits per heavy atom. The van der Waals surface area contributed by atoms with Gasteiger partial charge in [0.25, 0.3) is 0 Å². The standard InChI is InChI=1S/C52H35N3O2P2/c56-58(39-15-5-1-6-16-39,40-17-7-2-8-18-40)43-26-28-45-46-29-27-44(59(57,41-19-9-3-10-20-41)42-21-11-4-12-22-42)35-50(46)55-51-33-38(25-30-48(51)54-52(55)47(45)34-43)37-24-23-36-14-13-31-53-49(36)32-37/h1-35H. The quantitative estimate of drug-likeness (QED) is 0.119. The summed E-state index contributed by atoms with van der Waals surface area (Å²) in [7, 11) is -6.62. The van der Waals surface area contributed by atoms with Crippen LogP contribution in [0.3, 0.4) is 0 Å². The lowest BCUT2D eigenvalue weighted by Crippen LogP contribution is -2.25. The van der Waals surface area contributed by atoms with Crippen LogP contribution in [0.1, 0.15) is 0 Å². The normalized spacial score (nSPS) is 12.2. The van der Waals surface area contributed by atoms with Crippen molar-refractivity contribution >= 4 is 95.4 Å². The zero-order chi connectivity index (χ0) is 39.6. The number of imidazole rings is 1. The van der Waals surface area contributed by atoms with Gasteiger partial charge in [0.15, 0.2) is 14.3 Å². The Labute approximate surface area is 341 Å². The summed E-state index contributed by atoms with van der Waals surface area (Å²) in [4.78, 5) is 9.98. The van der Waals surface area contributed by atoms with E-state index in [0.717, 1.165) is 92.2 Å². The molecule has 0 radical (unpaired) electrons. The van der Waals surface area contributed by atoms with Gasteiger partial charge in [-0.2, -0.15) is 0 Å². The summed E-state index contributed by atoms with van der Waals surface area (Å²) in [6.45, 7) is 0. The molecule has 0 spiro atoms. The maximum atomic E-state index is 15.8. The van der Waals surface area contributed by atoms with Crippen molar-refractivity contribution in [1.29, 1.82) is 0 Å². The van der Waals surface area contributed by atoms with Gasteiger partial charge in [-0.1, -0.05) is 170 Å². The predicted molar refractivity (Wildman–Crippen MR) is 247 cm³/mol. The van der Waals surface area contributed by atoms with Gasteiger partial charge in [0, 0.05) is 54.2 Å². The van der Waals surface area contributed by atoms with E-state index in [-0.39, 0.29) is 0 Å². The molecule has 0 unspecified atom stereocenters. The zero-order valence-electron chi connectivity index (χ0n) is 31.8. The number of hydrogen-bond donors (Lipinski definition) is 0. The van der Waals surface area contributed by atoms with Gasteiger partial charge in [0.1, 0.15) is 5.65 Å². The highest BCUT2D eigenvalue weighted by molar-refractivity contribution is 7.85. The summed E-state index contributed by atoms with van der Waals surface area (Å²) in [5.74, 6) is 0. The molecule has 0 saturated heterocycles. The van der Waals surface area contributed by atoms with Gasteiger partial charge in [-0.15, -0.1) is 0 Å². The number of nitrogens with zero attached hydrogens (tertiary/aromatic N) is 3. The van der Waals surface area contributed by atoms with Crippen LogP contribution in [0.4, 0.5) is 0 Å². The van der Waals surface area contributed by atoms with Crippen LogP contribution in [0.25, 0.3) is 60.4 Å². The highest BCUT2D eigenvalue weighted by Gasteiger charge is 2.32. The van der Waals surface area contributed by atoms with Crippen LogP contribution in [0, 0.1) is 0 Å². The Balaban J connectivity index is 1.23. The average Bonchev–Trinajstić information content (AvgIpc) is 3.71. The smallest absolute Gasteiger partial charge is 0.171 e. The number of hydrogen-bond acceptors (Lipinski definition) is 4. The van der Waals surface area contributed by atoms with Crippen LogP contribution in [0.5, 0.6) is 0 Å². The molecule has 0 saturated carbocycles.